The van der Waals surface area contributed by atoms with Gasteiger partial charge < -0.3 is 10.7 Å². The third kappa shape index (κ3) is 2.39. The number of fused-ring (bicyclic) bond motifs is 1. The number of imidazole rings is 1. The number of nitrogens with two attached hydrogens (primary N) is 1. The molecule has 96 valence electrons. The highest BCUT2D eigenvalue weighted by atomic mass is 32.2. The zero-order valence-corrected chi connectivity index (χ0v) is 11.5. The van der Waals surface area contributed by atoms with Crippen LogP contribution >= 0.6 is 11.8 Å². The number of aromatic amines is 1. The number of nitrogens with zero attached hydrogens (tertiary/aromatic N) is 3. The fourth-order valence-electron chi connectivity index (χ4n) is 1.72. The smallest absolute Gasteiger partial charge is 0.172 e. The van der Waals surface area contributed by atoms with Crippen molar-refractivity contribution in [3.8, 4) is 0 Å². The standard InChI is InChI=1S/C13H13N5S/c1-7-8(2)16-12(6-15-7)19-13-17-10-4-3-9(14)5-11(10)18-13/h3-6H,14H2,1-2H3,(H,17,18). The van der Waals surface area contributed by atoms with Crippen molar-refractivity contribution in [1.29, 1.82) is 0 Å². The Balaban J connectivity index is 1.94. The molecule has 2 heterocycles. The lowest BCUT2D eigenvalue weighted by molar-refractivity contribution is 0.950. The van der Waals surface area contributed by atoms with Crippen LogP contribution in [-0.2, 0) is 0 Å². The predicted octanol–water partition coefficient (Wildman–Crippen LogP) is 2.70. The fourth-order valence-corrected chi connectivity index (χ4v) is 2.51. The van der Waals surface area contributed by atoms with Gasteiger partial charge >= 0.3 is 0 Å². The Bertz CT molecular complexity index is 750. The molecule has 0 amide bonds. The van der Waals surface area contributed by atoms with Crippen molar-refractivity contribution >= 4 is 28.5 Å². The second-order valence-electron chi connectivity index (χ2n) is 4.30. The first-order valence-electron chi connectivity index (χ1n) is 5.85. The first-order chi connectivity index (χ1) is 9.11. The molecule has 6 heteroatoms. The van der Waals surface area contributed by atoms with Gasteiger partial charge in [0.2, 0.25) is 0 Å². The van der Waals surface area contributed by atoms with Gasteiger partial charge in [0, 0.05) is 5.69 Å². The van der Waals surface area contributed by atoms with Crippen molar-refractivity contribution in [2.75, 3.05) is 5.73 Å². The summed E-state index contributed by atoms with van der Waals surface area (Å²) in [5, 5.41) is 1.62. The van der Waals surface area contributed by atoms with Crippen molar-refractivity contribution in [1.82, 2.24) is 19.9 Å². The Morgan fingerprint density at radius 3 is 2.79 bits per heavy atom. The summed E-state index contributed by atoms with van der Waals surface area (Å²) in [5.74, 6) is 0. The minimum atomic E-state index is 0.721. The summed E-state index contributed by atoms with van der Waals surface area (Å²) >= 11 is 1.46. The fraction of sp³-hybridized carbons (Fsp3) is 0.154. The molecular weight excluding hydrogens is 258 g/mol. The molecule has 0 spiro atoms. The third-order valence-corrected chi connectivity index (χ3v) is 3.65. The highest BCUT2D eigenvalue weighted by Crippen LogP contribution is 2.26. The molecule has 3 aromatic rings. The van der Waals surface area contributed by atoms with Crippen LogP contribution in [0, 0.1) is 13.8 Å². The van der Waals surface area contributed by atoms with Crippen LogP contribution in [0.5, 0.6) is 0 Å². The number of benzene rings is 1. The number of nitrogens with one attached hydrogen (secondary N) is 1. The Hall–Kier alpha value is -2.08. The van der Waals surface area contributed by atoms with Crippen molar-refractivity contribution in [3.05, 3.63) is 35.8 Å². The largest absolute Gasteiger partial charge is 0.399 e. The summed E-state index contributed by atoms with van der Waals surface area (Å²) in [7, 11) is 0. The van der Waals surface area contributed by atoms with E-state index in [1.54, 1.807) is 6.20 Å². The summed E-state index contributed by atoms with van der Waals surface area (Å²) in [6, 6.07) is 5.61. The summed E-state index contributed by atoms with van der Waals surface area (Å²) < 4.78 is 0. The van der Waals surface area contributed by atoms with Crippen LogP contribution in [0.2, 0.25) is 0 Å². The number of hydrogen-bond donors (Lipinski definition) is 2. The summed E-state index contributed by atoms with van der Waals surface area (Å²) in [6.45, 7) is 3.90. The molecule has 0 saturated carbocycles. The van der Waals surface area contributed by atoms with Gasteiger partial charge in [-0.1, -0.05) is 0 Å². The van der Waals surface area contributed by atoms with E-state index < -0.39 is 0 Å². The monoisotopic (exact) mass is 271 g/mol. The quantitative estimate of drug-likeness (QED) is 0.700. The van der Waals surface area contributed by atoms with Crippen molar-refractivity contribution in [2.45, 2.75) is 24.0 Å². The van der Waals surface area contributed by atoms with Crippen LogP contribution < -0.4 is 5.73 Å². The average Bonchev–Trinajstić information content (AvgIpc) is 2.75. The van der Waals surface area contributed by atoms with Crippen molar-refractivity contribution in [3.63, 3.8) is 0 Å². The molecule has 0 bridgehead atoms. The molecule has 0 fully saturated rings. The Morgan fingerprint density at radius 1 is 1.16 bits per heavy atom. The van der Waals surface area contributed by atoms with E-state index in [2.05, 4.69) is 19.9 Å². The van der Waals surface area contributed by atoms with Gasteiger partial charge in [0.25, 0.3) is 0 Å². The number of hydrogen-bond acceptors (Lipinski definition) is 5. The number of aryl methyl sites for hydroxylation is 2. The number of rotatable bonds is 2. The van der Waals surface area contributed by atoms with E-state index in [-0.39, 0.29) is 0 Å². The topological polar surface area (TPSA) is 80.5 Å². The van der Waals surface area contributed by atoms with Crippen molar-refractivity contribution < 1.29 is 0 Å². The summed E-state index contributed by atoms with van der Waals surface area (Å²) in [6.07, 6.45) is 1.76. The SMILES string of the molecule is Cc1ncc(Sc2nc3ccc(N)cc3[nH]2)nc1C. The molecule has 0 unspecified atom stereocenters. The van der Waals surface area contributed by atoms with Crippen LogP contribution in [0.4, 0.5) is 5.69 Å². The molecule has 19 heavy (non-hydrogen) atoms. The maximum absolute atomic E-state index is 5.75. The second-order valence-corrected chi connectivity index (χ2v) is 5.31. The molecular formula is C13H13N5S. The number of anilines is 1. The average molecular weight is 271 g/mol. The molecule has 0 aliphatic heterocycles. The van der Waals surface area contributed by atoms with Crippen molar-refractivity contribution in [2.24, 2.45) is 0 Å². The highest BCUT2D eigenvalue weighted by Gasteiger charge is 2.07. The van der Waals surface area contributed by atoms with E-state index in [4.69, 9.17) is 5.73 Å². The second kappa shape index (κ2) is 4.55. The van der Waals surface area contributed by atoms with E-state index in [9.17, 15) is 0 Å². The predicted molar refractivity (Wildman–Crippen MR) is 76.1 cm³/mol. The number of nitrogen functional groups attached to an aromatic ring is 1. The van der Waals surface area contributed by atoms with Crippen LogP contribution in [0.15, 0.2) is 34.6 Å². The third-order valence-electron chi connectivity index (χ3n) is 2.86. The van der Waals surface area contributed by atoms with Crippen LogP contribution in [0.1, 0.15) is 11.4 Å². The normalized spacial score (nSPS) is 11.1. The highest BCUT2D eigenvalue weighted by molar-refractivity contribution is 7.99. The van der Waals surface area contributed by atoms with Crippen LogP contribution in [0.3, 0.4) is 0 Å². The number of aromatic nitrogens is 4. The lowest BCUT2D eigenvalue weighted by Crippen LogP contribution is -1.92. The molecule has 5 nitrogen and oxygen atoms in total. The van der Waals surface area contributed by atoms with E-state index in [1.165, 1.54) is 11.8 Å². The number of H-pyrrole nitrogens is 1. The minimum Gasteiger partial charge on any atom is -0.399 e. The van der Waals surface area contributed by atoms with Gasteiger partial charge in [-0.05, 0) is 43.8 Å². The van der Waals surface area contributed by atoms with E-state index in [0.717, 1.165) is 38.3 Å². The van der Waals surface area contributed by atoms with Gasteiger partial charge in [0.05, 0.1) is 28.6 Å². The zero-order valence-electron chi connectivity index (χ0n) is 10.6. The minimum absolute atomic E-state index is 0.721. The maximum atomic E-state index is 5.75. The zero-order chi connectivity index (χ0) is 13.4. The van der Waals surface area contributed by atoms with Gasteiger partial charge in [-0.3, -0.25) is 4.98 Å². The Morgan fingerprint density at radius 2 is 2.00 bits per heavy atom. The van der Waals surface area contributed by atoms with Gasteiger partial charge in [-0.2, -0.15) is 0 Å². The Labute approximate surface area is 114 Å². The molecule has 3 N–H and O–H groups in total. The van der Waals surface area contributed by atoms with Crippen LogP contribution in [-0.4, -0.2) is 19.9 Å². The summed E-state index contributed by atoms with van der Waals surface area (Å²) in [5.41, 5.74) is 10.2. The Kier molecular flexibility index (Phi) is 2.87. The van der Waals surface area contributed by atoms with E-state index in [0.29, 0.717) is 0 Å². The first kappa shape index (κ1) is 12.0. The molecule has 0 aliphatic carbocycles. The van der Waals surface area contributed by atoms with Gasteiger partial charge in [-0.25, -0.2) is 9.97 Å². The molecule has 0 saturated heterocycles. The molecule has 3 rings (SSSR count). The molecule has 0 radical (unpaired) electrons. The first-order valence-corrected chi connectivity index (χ1v) is 6.67. The maximum Gasteiger partial charge on any atom is 0.172 e. The lowest BCUT2D eigenvalue weighted by atomic mass is 10.3. The molecule has 2 aromatic heterocycles. The molecule has 0 atom stereocenters. The van der Waals surface area contributed by atoms with E-state index in [1.807, 2.05) is 32.0 Å². The summed E-state index contributed by atoms with van der Waals surface area (Å²) in [4.78, 5) is 16.5. The van der Waals surface area contributed by atoms with Gasteiger partial charge in [0.15, 0.2) is 5.16 Å². The molecule has 1 aromatic carbocycles. The molecule has 0 aliphatic rings. The van der Waals surface area contributed by atoms with Crippen LogP contribution in [0.25, 0.3) is 11.0 Å². The van der Waals surface area contributed by atoms with E-state index >= 15 is 0 Å². The lowest BCUT2D eigenvalue weighted by Gasteiger charge is -2.00. The van der Waals surface area contributed by atoms with Gasteiger partial charge in [-0.15, -0.1) is 0 Å². The van der Waals surface area contributed by atoms with Gasteiger partial charge in [0.1, 0.15) is 5.03 Å².